The van der Waals surface area contributed by atoms with E-state index in [4.69, 9.17) is 0 Å². The van der Waals surface area contributed by atoms with E-state index < -0.39 is 5.41 Å². The largest absolute Gasteiger partial charge is 0.355 e. The second-order valence-corrected chi connectivity index (χ2v) is 7.42. The van der Waals surface area contributed by atoms with Crippen molar-refractivity contribution >= 4 is 11.8 Å². The second kappa shape index (κ2) is 8.97. The molecule has 2 N–H and O–H groups in total. The van der Waals surface area contributed by atoms with E-state index in [1.54, 1.807) is 26.0 Å². The van der Waals surface area contributed by atoms with Gasteiger partial charge in [0.05, 0.1) is 0 Å². The summed E-state index contributed by atoms with van der Waals surface area (Å²) >= 11 is 0. The van der Waals surface area contributed by atoms with Gasteiger partial charge in [0, 0.05) is 12.6 Å². The van der Waals surface area contributed by atoms with Crippen LogP contribution in [0.5, 0.6) is 0 Å². The molecule has 25 heavy (non-hydrogen) atoms. The Hall–Kier alpha value is -1.91. The Balaban J connectivity index is 1.81. The zero-order valence-electron chi connectivity index (χ0n) is 15.2. The van der Waals surface area contributed by atoms with E-state index in [0.29, 0.717) is 13.0 Å². The minimum absolute atomic E-state index is 0.182. The van der Waals surface area contributed by atoms with Crippen molar-refractivity contribution in [1.29, 1.82) is 0 Å². The first kappa shape index (κ1) is 19.4. The Labute approximate surface area is 149 Å². The highest BCUT2D eigenvalue weighted by Crippen LogP contribution is 2.21. The summed E-state index contributed by atoms with van der Waals surface area (Å²) in [4.78, 5) is 25.0. The van der Waals surface area contributed by atoms with Gasteiger partial charge in [0.25, 0.3) is 0 Å². The average molecular weight is 348 g/mol. The van der Waals surface area contributed by atoms with E-state index >= 15 is 0 Å². The molecular weight excluding hydrogens is 319 g/mol. The van der Waals surface area contributed by atoms with Gasteiger partial charge in [-0.2, -0.15) is 0 Å². The predicted octanol–water partition coefficient (Wildman–Crippen LogP) is 3.35. The highest BCUT2D eigenvalue weighted by Gasteiger charge is 2.36. The minimum atomic E-state index is -1.10. The molecule has 0 atom stereocenters. The Morgan fingerprint density at radius 1 is 1.04 bits per heavy atom. The van der Waals surface area contributed by atoms with Crippen LogP contribution in [0.1, 0.15) is 57.9 Å². The molecule has 1 aliphatic rings. The lowest BCUT2D eigenvalue weighted by Crippen LogP contribution is -2.50. The van der Waals surface area contributed by atoms with Crippen LogP contribution in [0.4, 0.5) is 4.39 Å². The molecule has 5 heteroatoms. The lowest BCUT2D eigenvalue weighted by molar-refractivity contribution is -0.141. The Bertz CT molecular complexity index is 576. The molecule has 1 saturated carbocycles. The van der Waals surface area contributed by atoms with E-state index in [0.717, 1.165) is 31.2 Å². The Morgan fingerprint density at radius 3 is 2.24 bits per heavy atom. The molecule has 4 nitrogen and oxygen atoms in total. The highest BCUT2D eigenvalue weighted by atomic mass is 19.1. The first-order chi connectivity index (χ1) is 11.9. The number of rotatable bonds is 6. The molecular formula is C20H29FN2O2. The summed E-state index contributed by atoms with van der Waals surface area (Å²) in [5.41, 5.74) is -0.155. The Morgan fingerprint density at radius 2 is 1.64 bits per heavy atom. The van der Waals surface area contributed by atoms with Crippen LogP contribution >= 0.6 is 0 Å². The number of carbonyl (C=O) groups excluding carboxylic acids is 2. The fraction of sp³-hybridized carbons (Fsp3) is 0.600. The normalized spacial score (nSPS) is 16.1. The summed E-state index contributed by atoms with van der Waals surface area (Å²) < 4.78 is 12.9. The van der Waals surface area contributed by atoms with Gasteiger partial charge in [0.2, 0.25) is 11.8 Å². The predicted molar refractivity (Wildman–Crippen MR) is 96.5 cm³/mol. The number of benzene rings is 1. The minimum Gasteiger partial charge on any atom is -0.355 e. The summed E-state index contributed by atoms with van der Waals surface area (Å²) in [6.45, 7) is 3.74. The van der Waals surface area contributed by atoms with Crippen LogP contribution in [-0.4, -0.2) is 24.4 Å². The number of amides is 2. The number of hydrogen-bond acceptors (Lipinski definition) is 2. The van der Waals surface area contributed by atoms with Gasteiger partial charge in [0.15, 0.2) is 0 Å². The van der Waals surface area contributed by atoms with Crippen LogP contribution < -0.4 is 10.6 Å². The van der Waals surface area contributed by atoms with Crippen molar-refractivity contribution < 1.29 is 14.0 Å². The van der Waals surface area contributed by atoms with Crippen LogP contribution in [0, 0.1) is 11.2 Å². The molecule has 1 aromatic carbocycles. The van der Waals surface area contributed by atoms with E-state index in [2.05, 4.69) is 10.6 Å². The van der Waals surface area contributed by atoms with Gasteiger partial charge in [-0.3, -0.25) is 9.59 Å². The van der Waals surface area contributed by atoms with Crippen molar-refractivity contribution in [3.63, 3.8) is 0 Å². The fourth-order valence-corrected chi connectivity index (χ4v) is 3.09. The first-order valence-electron chi connectivity index (χ1n) is 9.23. The monoisotopic (exact) mass is 348 g/mol. The number of carbonyl (C=O) groups is 2. The van der Waals surface area contributed by atoms with E-state index in [1.165, 1.54) is 25.0 Å². The maximum atomic E-state index is 12.9. The summed E-state index contributed by atoms with van der Waals surface area (Å²) in [6.07, 6.45) is 7.30. The molecule has 0 aliphatic heterocycles. The molecule has 0 spiro atoms. The summed E-state index contributed by atoms with van der Waals surface area (Å²) in [7, 11) is 0. The summed E-state index contributed by atoms with van der Waals surface area (Å²) in [6, 6.07) is 6.39. The maximum Gasteiger partial charge on any atom is 0.235 e. The van der Waals surface area contributed by atoms with Crippen molar-refractivity contribution in [3.05, 3.63) is 35.6 Å². The molecule has 0 unspecified atom stereocenters. The third-order valence-electron chi connectivity index (χ3n) is 4.94. The molecule has 0 radical (unpaired) electrons. The quantitative estimate of drug-likeness (QED) is 0.612. The maximum absolute atomic E-state index is 12.9. The molecule has 0 saturated heterocycles. The fourth-order valence-electron chi connectivity index (χ4n) is 3.09. The highest BCUT2D eigenvalue weighted by molar-refractivity contribution is 6.04. The molecule has 0 bridgehead atoms. The smallest absolute Gasteiger partial charge is 0.235 e. The SMILES string of the molecule is CC(C)(C(=O)NCCc1ccc(F)cc1)C(=O)NC1CCCCCC1. The first-order valence-corrected chi connectivity index (χ1v) is 9.23. The van der Waals surface area contributed by atoms with Gasteiger partial charge in [-0.15, -0.1) is 0 Å². The van der Waals surface area contributed by atoms with Crippen LogP contribution in [0.15, 0.2) is 24.3 Å². The van der Waals surface area contributed by atoms with Crippen molar-refractivity contribution in [3.8, 4) is 0 Å². The molecule has 2 rings (SSSR count). The summed E-state index contributed by atoms with van der Waals surface area (Å²) in [5.74, 6) is -0.761. The second-order valence-electron chi connectivity index (χ2n) is 7.42. The molecule has 0 aromatic heterocycles. The van der Waals surface area contributed by atoms with Gasteiger partial charge in [-0.05, 0) is 50.8 Å². The van der Waals surface area contributed by atoms with Crippen molar-refractivity contribution in [2.24, 2.45) is 5.41 Å². The van der Waals surface area contributed by atoms with Gasteiger partial charge < -0.3 is 10.6 Å². The van der Waals surface area contributed by atoms with Gasteiger partial charge >= 0.3 is 0 Å². The van der Waals surface area contributed by atoms with Crippen molar-refractivity contribution in [2.45, 2.75) is 64.8 Å². The van der Waals surface area contributed by atoms with Crippen molar-refractivity contribution in [2.75, 3.05) is 6.54 Å². The lowest BCUT2D eigenvalue weighted by Gasteiger charge is -2.26. The van der Waals surface area contributed by atoms with E-state index in [1.807, 2.05) is 0 Å². The molecule has 0 heterocycles. The van der Waals surface area contributed by atoms with Gasteiger partial charge in [0.1, 0.15) is 11.2 Å². The summed E-state index contributed by atoms with van der Waals surface area (Å²) in [5, 5.41) is 5.88. The molecule has 2 amide bonds. The van der Waals surface area contributed by atoms with E-state index in [9.17, 15) is 14.0 Å². The van der Waals surface area contributed by atoms with E-state index in [-0.39, 0.29) is 23.7 Å². The number of halogens is 1. The molecule has 138 valence electrons. The van der Waals surface area contributed by atoms with Crippen molar-refractivity contribution in [1.82, 2.24) is 10.6 Å². The van der Waals surface area contributed by atoms with Crippen LogP contribution in [0.25, 0.3) is 0 Å². The zero-order chi connectivity index (χ0) is 18.3. The van der Waals surface area contributed by atoms with Crippen LogP contribution in [0.2, 0.25) is 0 Å². The number of nitrogens with one attached hydrogen (secondary N) is 2. The zero-order valence-corrected chi connectivity index (χ0v) is 15.2. The number of hydrogen-bond donors (Lipinski definition) is 2. The molecule has 1 aromatic rings. The lowest BCUT2D eigenvalue weighted by atomic mass is 9.90. The topological polar surface area (TPSA) is 58.2 Å². The average Bonchev–Trinajstić information content (AvgIpc) is 2.85. The Kier molecular flexibility index (Phi) is 6.97. The third-order valence-corrected chi connectivity index (χ3v) is 4.94. The molecule has 1 fully saturated rings. The van der Waals surface area contributed by atoms with Crippen LogP contribution in [-0.2, 0) is 16.0 Å². The van der Waals surface area contributed by atoms with Crippen LogP contribution in [0.3, 0.4) is 0 Å². The molecule has 1 aliphatic carbocycles. The van der Waals surface area contributed by atoms with Gasteiger partial charge in [-0.25, -0.2) is 4.39 Å². The standard InChI is InChI=1S/C20H29FN2O2/c1-20(2,19(25)23-17-7-5-3-4-6-8-17)18(24)22-14-13-15-9-11-16(21)12-10-15/h9-12,17H,3-8,13-14H2,1-2H3,(H,22,24)(H,23,25). The van der Waals surface area contributed by atoms with Gasteiger partial charge in [-0.1, -0.05) is 37.8 Å². The third kappa shape index (κ3) is 5.83.